The summed E-state index contributed by atoms with van der Waals surface area (Å²) in [7, 11) is 1.48. The number of primary amides is 1. The fourth-order valence-electron chi connectivity index (χ4n) is 3.48. The van der Waals surface area contributed by atoms with Crippen LogP contribution in [0.2, 0.25) is 0 Å². The number of carbonyl (C=O) groups is 1. The molecule has 1 amide bonds. The molecule has 0 spiro atoms. The van der Waals surface area contributed by atoms with Crippen LogP contribution in [0.5, 0.6) is 17.2 Å². The molecule has 1 atom stereocenters. The zero-order valence-corrected chi connectivity index (χ0v) is 18.8. The molecule has 0 radical (unpaired) electrons. The Kier molecular flexibility index (Phi) is 6.76. The largest absolute Gasteiger partial charge is 0.507 e. The minimum atomic E-state index is -0.723. The van der Waals surface area contributed by atoms with Crippen molar-refractivity contribution in [1.82, 2.24) is 4.68 Å². The highest BCUT2D eigenvalue weighted by atomic mass is 32.1. The minimum Gasteiger partial charge on any atom is -0.507 e. The van der Waals surface area contributed by atoms with Crippen molar-refractivity contribution in [2.24, 2.45) is 15.8 Å². The fraction of sp³-hybridized carbons (Fsp3) is 0.261. The summed E-state index contributed by atoms with van der Waals surface area (Å²) >= 11 is 1.40. The van der Waals surface area contributed by atoms with Gasteiger partial charge in [-0.15, -0.1) is 11.3 Å². The van der Waals surface area contributed by atoms with Crippen LogP contribution in [0.3, 0.4) is 0 Å². The lowest BCUT2D eigenvalue weighted by atomic mass is 10.1. The zero-order chi connectivity index (χ0) is 23.4. The second-order valence-electron chi connectivity index (χ2n) is 7.46. The number of methoxy groups -OCH3 is 1. The molecule has 1 unspecified atom stereocenters. The lowest BCUT2D eigenvalue weighted by Crippen LogP contribution is -2.17. The van der Waals surface area contributed by atoms with Gasteiger partial charge >= 0.3 is 0 Å². The third kappa shape index (κ3) is 5.07. The van der Waals surface area contributed by atoms with Gasteiger partial charge in [0.15, 0.2) is 11.5 Å². The number of nitrogens with zero attached hydrogens (tertiary/aromatic N) is 3. The van der Waals surface area contributed by atoms with E-state index >= 15 is 0 Å². The lowest BCUT2D eigenvalue weighted by molar-refractivity contribution is 0.0997. The molecule has 2 heterocycles. The molecule has 1 aliphatic rings. The number of phenolic OH excluding ortho intramolecular Hbond substituents is 1. The van der Waals surface area contributed by atoms with Crippen LogP contribution in [0.25, 0.3) is 11.3 Å². The third-order valence-corrected chi connectivity index (χ3v) is 6.08. The van der Waals surface area contributed by atoms with Crippen molar-refractivity contribution in [2.45, 2.75) is 18.9 Å². The number of ether oxygens (including phenoxy) is 2. The van der Waals surface area contributed by atoms with Gasteiger partial charge in [-0.05, 0) is 54.8 Å². The maximum Gasteiger partial charge on any atom is 0.252 e. The molecule has 1 fully saturated rings. The Hall–Kier alpha value is -3.63. The van der Waals surface area contributed by atoms with Gasteiger partial charge in [-0.3, -0.25) is 9.79 Å². The highest BCUT2D eigenvalue weighted by molar-refractivity contribution is 7.07. The van der Waals surface area contributed by atoms with Crippen molar-refractivity contribution in [1.29, 1.82) is 0 Å². The van der Waals surface area contributed by atoms with Gasteiger partial charge < -0.3 is 25.4 Å². The molecule has 33 heavy (non-hydrogen) atoms. The van der Waals surface area contributed by atoms with Gasteiger partial charge in [-0.2, -0.15) is 5.10 Å². The Labute approximate surface area is 194 Å². The van der Waals surface area contributed by atoms with E-state index in [4.69, 9.17) is 20.2 Å². The summed E-state index contributed by atoms with van der Waals surface area (Å²) in [5.41, 5.74) is 7.46. The lowest BCUT2D eigenvalue weighted by Gasteiger charge is -2.08. The van der Waals surface area contributed by atoms with Gasteiger partial charge in [0.1, 0.15) is 5.75 Å². The molecule has 1 aliphatic heterocycles. The molecule has 1 saturated heterocycles. The summed E-state index contributed by atoms with van der Waals surface area (Å²) in [5.74, 6) is -0.536. The molecule has 4 N–H and O–H groups in total. The van der Waals surface area contributed by atoms with Gasteiger partial charge in [0.05, 0.1) is 37.2 Å². The Bertz CT molecular complexity index is 1260. The van der Waals surface area contributed by atoms with Crippen LogP contribution in [0.1, 0.15) is 28.8 Å². The summed E-state index contributed by atoms with van der Waals surface area (Å²) in [4.78, 5) is 17.1. The number of phenols is 2. The molecule has 172 valence electrons. The number of carbonyl (C=O) groups excluding carboxylic acids is 1. The average Bonchev–Trinajstić information content (AvgIpc) is 3.47. The highest BCUT2D eigenvalue weighted by Crippen LogP contribution is 2.27. The Morgan fingerprint density at radius 3 is 2.85 bits per heavy atom. The van der Waals surface area contributed by atoms with Crippen LogP contribution >= 0.6 is 11.3 Å². The van der Waals surface area contributed by atoms with Crippen molar-refractivity contribution in [2.75, 3.05) is 20.3 Å². The highest BCUT2D eigenvalue weighted by Gasteiger charge is 2.16. The maximum atomic E-state index is 11.7. The van der Waals surface area contributed by atoms with E-state index in [1.807, 2.05) is 5.38 Å². The van der Waals surface area contributed by atoms with Gasteiger partial charge in [0, 0.05) is 17.6 Å². The number of benzene rings is 2. The first-order valence-electron chi connectivity index (χ1n) is 10.3. The summed E-state index contributed by atoms with van der Waals surface area (Å²) < 4.78 is 12.5. The van der Waals surface area contributed by atoms with Gasteiger partial charge in [-0.25, -0.2) is 4.68 Å². The van der Waals surface area contributed by atoms with Crippen LogP contribution in [0.4, 0.5) is 0 Å². The molecular formula is C23H24N4O5S. The smallest absolute Gasteiger partial charge is 0.252 e. The first-order valence-corrected chi connectivity index (χ1v) is 11.2. The topological polar surface area (TPSA) is 132 Å². The number of amides is 1. The van der Waals surface area contributed by atoms with E-state index in [0.717, 1.165) is 19.4 Å². The molecule has 1 aromatic heterocycles. The number of nitrogens with two attached hydrogens (primary N) is 1. The zero-order valence-electron chi connectivity index (χ0n) is 18.0. The van der Waals surface area contributed by atoms with Crippen molar-refractivity contribution < 1.29 is 24.5 Å². The average molecular weight is 469 g/mol. The third-order valence-electron chi connectivity index (χ3n) is 5.22. The van der Waals surface area contributed by atoms with Crippen LogP contribution in [0, 0.1) is 0 Å². The number of aromatic nitrogens is 1. The van der Waals surface area contributed by atoms with E-state index in [1.54, 1.807) is 29.1 Å². The summed E-state index contributed by atoms with van der Waals surface area (Å²) in [6, 6.07) is 9.54. The summed E-state index contributed by atoms with van der Waals surface area (Å²) in [5, 5.41) is 26.3. The van der Waals surface area contributed by atoms with Crippen LogP contribution in [-0.4, -0.2) is 53.4 Å². The number of thiazole rings is 1. The molecule has 9 nitrogen and oxygen atoms in total. The van der Waals surface area contributed by atoms with E-state index in [1.165, 1.54) is 36.6 Å². The fourth-order valence-corrected chi connectivity index (χ4v) is 4.32. The quantitative estimate of drug-likeness (QED) is 0.459. The van der Waals surface area contributed by atoms with Crippen molar-refractivity contribution in [3.8, 4) is 28.5 Å². The van der Waals surface area contributed by atoms with E-state index < -0.39 is 5.91 Å². The number of aromatic hydroxyl groups is 2. The Balaban J connectivity index is 1.77. The predicted molar refractivity (Wildman–Crippen MR) is 125 cm³/mol. The van der Waals surface area contributed by atoms with E-state index in [9.17, 15) is 15.0 Å². The van der Waals surface area contributed by atoms with Gasteiger partial charge in [0.25, 0.3) is 5.91 Å². The monoisotopic (exact) mass is 468 g/mol. The normalized spacial score (nSPS) is 16.5. The molecule has 0 aliphatic carbocycles. The van der Waals surface area contributed by atoms with Crippen molar-refractivity contribution >= 4 is 23.5 Å². The van der Waals surface area contributed by atoms with Gasteiger partial charge in [-0.1, -0.05) is 0 Å². The standard InChI is InChI=1S/C23H24N4O5S/c1-31-21-9-14(4-6-20(21)29)11-26-27-18(15-5-7-19(28)17(10-15)22(24)30)13-33-23(27)25-12-16-3-2-8-32-16/h4-7,9-11,13,16,28-29H,2-3,8,12H2,1H3,(H2,24,30). The van der Waals surface area contributed by atoms with E-state index in [-0.39, 0.29) is 23.2 Å². The SMILES string of the molecule is COc1cc(C=Nn2c(-c3ccc(O)c(C(N)=O)c3)csc2=NCC2CCCO2)ccc1O. The van der Waals surface area contributed by atoms with Crippen LogP contribution in [0.15, 0.2) is 51.9 Å². The Morgan fingerprint density at radius 2 is 2.12 bits per heavy atom. The first kappa shape index (κ1) is 22.6. The van der Waals surface area contributed by atoms with Gasteiger partial charge in [0.2, 0.25) is 4.80 Å². The molecular weight excluding hydrogens is 444 g/mol. The first-order chi connectivity index (χ1) is 16.0. The number of hydrogen-bond acceptors (Lipinski definition) is 8. The predicted octanol–water partition coefficient (Wildman–Crippen LogP) is 2.70. The van der Waals surface area contributed by atoms with Crippen LogP contribution in [-0.2, 0) is 4.74 Å². The van der Waals surface area contributed by atoms with E-state index in [0.29, 0.717) is 33.9 Å². The maximum absolute atomic E-state index is 11.7. The molecule has 2 aromatic carbocycles. The van der Waals surface area contributed by atoms with Crippen molar-refractivity contribution in [3.05, 3.63) is 57.7 Å². The molecule has 4 rings (SSSR count). The van der Waals surface area contributed by atoms with E-state index in [2.05, 4.69) is 5.10 Å². The number of hydrogen-bond donors (Lipinski definition) is 3. The molecule has 10 heteroatoms. The van der Waals surface area contributed by atoms with Crippen molar-refractivity contribution in [3.63, 3.8) is 0 Å². The summed E-state index contributed by atoms with van der Waals surface area (Å²) in [6.07, 6.45) is 3.71. The second-order valence-corrected chi connectivity index (χ2v) is 8.30. The Morgan fingerprint density at radius 1 is 1.30 bits per heavy atom. The summed E-state index contributed by atoms with van der Waals surface area (Å²) in [6.45, 7) is 1.27. The molecule has 0 bridgehead atoms. The second kappa shape index (κ2) is 9.88. The molecule has 3 aromatic rings. The van der Waals surface area contributed by atoms with Crippen LogP contribution < -0.4 is 15.3 Å². The number of rotatable bonds is 7. The molecule has 0 saturated carbocycles. The minimum absolute atomic E-state index is 0.0235.